The molecular formula is C15H18Cl2N2O. The van der Waals surface area contributed by atoms with Crippen LogP contribution in [0.5, 0.6) is 0 Å². The van der Waals surface area contributed by atoms with Crippen LogP contribution in [0, 0.1) is 5.92 Å². The lowest BCUT2D eigenvalue weighted by molar-refractivity contribution is 0.0613. The lowest BCUT2D eigenvalue weighted by Crippen LogP contribution is -2.21. The first-order valence-electron chi connectivity index (χ1n) is 7.02. The van der Waals surface area contributed by atoms with Crippen LogP contribution in [-0.4, -0.2) is 22.8 Å². The Balaban J connectivity index is 1.99. The fraction of sp³-hybridized carbons (Fsp3) is 0.533. The minimum absolute atomic E-state index is 0.110. The van der Waals surface area contributed by atoms with Crippen LogP contribution in [0.1, 0.15) is 31.0 Å². The lowest BCUT2D eigenvalue weighted by Gasteiger charge is -2.23. The van der Waals surface area contributed by atoms with Crippen molar-refractivity contribution in [2.75, 3.05) is 13.2 Å². The predicted octanol–water partition coefficient (Wildman–Crippen LogP) is 4.42. The summed E-state index contributed by atoms with van der Waals surface area (Å²) in [5.74, 6) is 1.56. The van der Waals surface area contributed by atoms with Gasteiger partial charge in [-0.25, -0.2) is 4.98 Å². The lowest BCUT2D eigenvalue weighted by atomic mass is 10.0. The largest absolute Gasteiger partial charge is 0.381 e. The molecular weight excluding hydrogens is 295 g/mol. The molecule has 1 aliphatic heterocycles. The van der Waals surface area contributed by atoms with Crippen LogP contribution < -0.4 is 0 Å². The molecule has 1 aromatic heterocycles. The quantitative estimate of drug-likeness (QED) is 0.785. The molecule has 3 nitrogen and oxygen atoms in total. The molecule has 108 valence electrons. The number of ether oxygens (including phenoxy) is 1. The number of hydrogen-bond donors (Lipinski definition) is 0. The van der Waals surface area contributed by atoms with Gasteiger partial charge < -0.3 is 9.30 Å². The summed E-state index contributed by atoms with van der Waals surface area (Å²) >= 11 is 12.3. The second kappa shape index (κ2) is 5.92. The highest BCUT2D eigenvalue weighted by molar-refractivity contribution is 6.31. The molecule has 1 unspecified atom stereocenters. The van der Waals surface area contributed by atoms with Crippen molar-refractivity contribution < 1.29 is 4.74 Å². The van der Waals surface area contributed by atoms with E-state index in [1.165, 1.54) is 0 Å². The van der Waals surface area contributed by atoms with Gasteiger partial charge in [-0.3, -0.25) is 0 Å². The van der Waals surface area contributed by atoms with Gasteiger partial charge in [0, 0.05) is 24.8 Å². The number of alkyl halides is 1. The maximum Gasteiger partial charge on any atom is 0.127 e. The molecule has 2 heterocycles. The highest BCUT2D eigenvalue weighted by Crippen LogP contribution is 2.29. The van der Waals surface area contributed by atoms with Gasteiger partial charge in [0.05, 0.1) is 16.4 Å². The summed E-state index contributed by atoms with van der Waals surface area (Å²) in [6.07, 6.45) is 2.20. The Labute approximate surface area is 128 Å². The number of nitrogens with zero attached hydrogens (tertiary/aromatic N) is 2. The van der Waals surface area contributed by atoms with E-state index in [2.05, 4.69) is 9.55 Å². The predicted molar refractivity (Wildman–Crippen MR) is 82.6 cm³/mol. The van der Waals surface area contributed by atoms with Crippen LogP contribution in [0.3, 0.4) is 0 Å². The molecule has 1 aromatic carbocycles. The van der Waals surface area contributed by atoms with Crippen molar-refractivity contribution in [3.05, 3.63) is 29.0 Å². The second-order valence-electron chi connectivity index (χ2n) is 5.39. The molecule has 0 spiro atoms. The number of imidazole rings is 1. The third-order valence-electron chi connectivity index (χ3n) is 3.88. The zero-order chi connectivity index (χ0) is 14.1. The molecule has 1 fully saturated rings. The first-order chi connectivity index (χ1) is 9.65. The molecule has 0 bridgehead atoms. The molecule has 5 heteroatoms. The van der Waals surface area contributed by atoms with E-state index >= 15 is 0 Å². The van der Waals surface area contributed by atoms with Gasteiger partial charge in [0.1, 0.15) is 5.82 Å². The van der Waals surface area contributed by atoms with Crippen molar-refractivity contribution >= 4 is 34.2 Å². The van der Waals surface area contributed by atoms with E-state index in [0.29, 0.717) is 10.9 Å². The van der Waals surface area contributed by atoms with Crippen molar-refractivity contribution in [2.24, 2.45) is 5.92 Å². The van der Waals surface area contributed by atoms with E-state index in [1.54, 1.807) is 0 Å². The van der Waals surface area contributed by atoms with Crippen LogP contribution in [-0.2, 0) is 11.3 Å². The van der Waals surface area contributed by atoms with Gasteiger partial charge in [0.15, 0.2) is 0 Å². The molecule has 0 aliphatic carbocycles. The molecule has 1 aliphatic rings. The van der Waals surface area contributed by atoms with E-state index < -0.39 is 0 Å². The molecule has 0 amide bonds. The Bertz CT molecular complexity index is 603. The van der Waals surface area contributed by atoms with Gasteiger partial charge in [-0.1, -0.05) is 11.6 Å². The van der Waals surface area contributed by atoms with Crippen molar-refractivity contribution in [2.45, 2.75) is 31.7 Å². The molecule has 2 aromatic rings. The van der Waals surface area contributed by atoms with Crippen LogP contribution in [0.4, 0.5) is 0 Å². The van der Waals surface area contributed by atoms with Crippen molar-refractivity contribution in [1.82, 2.24) is 9.55 Å². The monoisotopic (exact) mass is 312 g/mol. The molecule has 20 heavy (non-hydrogen) atoms. The average Bonchev–Trinajstić information content (AvgIpc) is 2.78. The van der Waals surface area contributed by atoms with E-state index in [0.717, 1.165) is 49.5 Å². The van der Waals surface area contributed by atoms with E-state index in [9.17, 15) is 0 Å². The standard InChI is InChI=1S/C15H18Cl2N2O/c1-10(16)15-18-13-8-12(17)2-3-14(13)19(15)9-11-4-6-20-7-5-11/h2-3,8,10-11H,4-7,9H2,1H3. The number of rotatable bonds is 3. The normalized spacial score (nSPS) is 18.6. The van der Waals surface area contributed by atoms with Crippen molar-refractivity contribution in [1.29, 1.82) is 0 Å². The highest BCUT2D eigenvalue weighted by atomic mass is 35.5. The Morgan fingerprint density at radius 3 is 2.85 bits per heavy atom. The third-order valence-corrected chi connectivity index (χ3v) is 4.31. The van der Waals surface area contributed by atoms with Crippen LogP contribution in [0.2, 0.25) is 5.02 Å². The maximum atomic E-state index is 6.30. The summed E-state index contributed by atoms with van der Waals surface area (Å²) in [7, 11) is 0. The van der Waals surface area contributed by atoms with Gasteiger partial charge in [0.2, 0.25) is 0 Å². The fourth-order valence-corrected chi connectivity index (χ4v) is 3.14. The first kappa shape index (κ1) is 14.2. The minimum atomic E-state index is -0.110. The summed E-state index contributed by atoms with van der Waals surface area (Å²) < 4.78 is 7.68. The summed E-state index contributed by atoms with van der Waals surface area (Å²) in [4.78, 5) is 4.65. The Kier molecular flexibility index (Phi) is 4.20. The SMILES string of the molecule is CC(Cl)c1nc2cc(Cl)ccc2n1CC1CCOCC1. The van der Waals surface area contributed by atoms with E-state index in [-0.39, 0.29) is 5.38 Å². The van der Waals surface area contributed by atoms with Crippen molar-refractivity contribution in [3.8, 4) is 0 Å². The van der Waals surface area contributed by atoms with E-state index in [1.807, 2.05) is 25.1 Å². The Morgan fingerprint density at radius 2 is 2.15 bits per heavy atom. The summed E-state index contributed by atoms with van der Waals surface area (Å²) in [6.45, 7) is 4.63. The number of halogens is 2. The summed E-state index contributed by atoms with van der Waals surface area (Å²) in [6, 6.07) is 5.85. The molecule has 0 radical (unpaired) electrons. The fourth-order valence-electron chi connectivity index (χ4n) is 2.80. The highest BCUT2D eigenvalue weighted by Gasteiger charge is 2.20. The molecule has 1 atom stereocenters. The van der Waals surface area contributed by atoms with Crippen molar-refractivity contribution in [3.63, 3.8) is 0 Å². The van der Waals surface area contributed by atoms with Crippen LogP contribution >= 0.6 is 23.2 Å². The topological polar surface area (TPSA) is 27.1 Å². The average molecular weight is 313 g/mol. The third kappa shape index (κ3) is 2.80. The Morgan fingerprint density at radius 1 is 1.40 bits per heavy atom. The van der Waals surface area contributed by atoms with Gasteiger partial charge in [-0.2, -0.15) is 0 Å². The number of benzene rings is 1. The minimum Gasteiger partial charge on any atom is -0.381 e. The van der Waals surface area contributed by atoms with Crippen LogP contribution in [0.15, 0.2) is 18.2 Å². The van der Waals surface area contributed by atoms with Gasteiger partial charge >= 0.3 is 0 Å². The molecule has 1 saturated heterocycles. The van der Waals surface area contributed by atoms with Crippen LogP contribution in [0.25, 0.3) is 11.0 Å². The number of hydrogen-bond acceptors (Lipinski definition) is 2. The summed E-state index contributed by atoms with van der Waals surface area (Å²) in [5, 5.41) is 0.600. The molecule has 0 N–H and O–H groups in total. The van der Waals surface area contributed by atoms with Gasteiger partial charge in [0.25, 0.3) is 0 Å². The summed E-state index contributed by atoms with van der Waals surface area (Å²) in [5.41, 5.74) is 2.04. The maximum absolute atomic E-state index is 6.30. The number of aromatic nitrogens is 2. The van der Waals surface area contributed by atoms with E-state index in [4.69, 9.17) is 27.9 Å². The number of fused-ring (bicyclic) bond motifs is 1. The van der Waals surface area contributed by atoms with Gasteiger partial charge in [-0.05, 0) is 43.9 Å². The van der Waals surface area contributed by atoms with Gasteiger partial charge in [-0.15, -0.1) is 11.6 Å². The second-order valence-corrected chi connectivity index (χ2v) is 6.48. The zero-order valence-electron chi connectivity index (χ0n) is 11.5. The molecule has 0 saturated carbocycles. The Hall–Kier alpha value is -0.770. The smallest absolute Gasteiger partial charge is 0.127 e. The first-order valence-corrected chi connectivity index (χ1v) is 7.84. The molecule has 3 rings (SSSR count). The zero-order valence-corrected chi connectivity index (χ0v) is 13.0.